The topological polar surface area (TPSA) is 66.4 Å². The van der Waals surface area contributed by atoms with E-state index >= 15 is 0 Å². The second-order valence-electron chi connectivity index (χ2n) is 2.68. The summed E-state index contributed by atoms with van der Waals surface area (Å²) in [4.78, 5) is 21.2. The van der Waals surface area contributed by atoms with Gasteiger partial charge in [0.1, 0.15) is 0 Å². The van der Waals surface area contributed by atoms with E-state index in [4.69, 9.17) is 5.11 Å². The molecule has 62 valence electrons. The molecule has 1 fully saturated rings. The van der Waals surface area contributed by atoms with Crippen LogP contribution < -0.4 is 5.32 Å². The molecule has 4 nitrogen and oxygen atoms in total. The number of nitrogens with one attached hydrogen (secondary N) is 1. The molecule has 2 N–H and O–H groups in total. The van der Waals surface area contributed by atoms with Crippen LogP contribution in [0, 0.1) is 11.8 Å². The lowest BCUT2D eigenvalue weighted by atomic mass is 10.3. The summed E-state index contributed by atoms with van der Waals surface area (Å²) in [5, 5.41) is 11.1. The van der Waals surface area contributed by atoms with E-state index in [1.807, 2.05) is 6.92 Å². The number of rotatable bonds is 3. The smallest absolute Gasteiger partial charge is 0.307 e. The normalized spacial score (nSPS) is 27.7. The van der Waals surface area contributed by atoms with Gasteiger partial charge in [-0.3, -0.25) is 9.59 Å². The highest BCUT2D eigenvalue weighted by Crippen LogP contribution is 2.38. The maximum atomic E-state index is 10.9. The van der Waals surface area contributed by atoms with Crippen LogP contribution in [0.5, 0.6) is 0 Å². The van der Waals surface area contributed by atoms with Gasteiger partial charge >= 0.3 is 5.97 Å². The molecular formula is C7H11NO3. The molecule has 0 radical (unpaired) electrons. The standard InChI is InChI=1S/C7H11NO3/c1-2-8-6(9)4-3-5(4)7(10)11/h4-5H,2-3H2,1H3,(H,8,9)(H,10,11)/t4-,5+/m0/s1. The molecule has 0 saturated heterocycles. The van der Waals surface area contributed by atoms with Crippen molar-refractivity contribution in [3.8, 4) is 0 Å². The predicted octanol–water partition coefficient (Wildman–Crippen LogP) is -0.157. The first-order chi connectivity index (χ1) is 5.16. The lowest BCUT2D eigenvalue weighted by Gasteiger charge is -1.97. The van der Waals surface area contributed by atoms with Gasteiger partial charge in [0.2, 0.25) is 5.91 Å². The van der Waals surface area contributed by atoms with Crippen molar-refractivity contribution >= 4 is 11.9 Å². The quantitative estimate of drug-likeness (QED) is 0.598. The van der Waals surface area contributed by atoms with Crippen molar-refractivity contribution in [1.82, 2.24) is 5.32 Å². The maximum absolute atomic E-state index is 10.9. The zero-order valence-electron chi connectivity index (χ0n) is 6.33. The number of carboxylic acids is 1. The molecule has 1 aliphatic rings. The maximum Gasteiger partial charge on any atom is 0.307 e. The summed E-state index contributed by atoms with van der Waals surface area (Å²) in [6.45, 7) is 2.39. The number of hydrogen-bond acceptors (Lipinski definition) is 2. The number of hydrogen-bond donors (Lipinski definition) is 2. The molecule has 4 heteroatoms. The van der Waals surface area contributed by atoms with Gasteiger partial charge in [-0.05, 0) is 13.3 Å². The average molecular weight is 157 g/mol. The molecule has 0 heterocycles. The van der Waals surface area contributed by atoms with E-state index in [0.717, 1.165) is 0 Å². The highest BCUT2D eigenvalue weighted by molar-refractivity contribution is 5.89. The largest absolute Gasteiger partial charge is 0.481 e. The van der Waals surface area contributed by atoms with Crippen LogP contribution in [-0.4, -0.2) is 23.5 Å². The van der Waals surface area contributed by atoms with Crippen molar-refractivity contribution in [1.29, 1.82) is 0 Å². The van der Waals surface area contributed by atoms with Crippen molar-refractivity contribution in [2.24, 2.45) is 11.8 Å². The molecule has 1 rings (SSSR count). The Morgan fingerprint density at radius 1 is 1.55 bits per heavy atom. The molecule has 1 saturated carbocycles. The number of aliphatic carboxylic acids is 1. The summed E-state index contributed by atoms with van der Waals surface area (Å²) in [7, 11) is 0. The third-order valence-corrected chi connectivity index (χ3v) is 1.80. The molecule has 0 aromatic carbocycles. The molecular weight excluding hydrogens is 146 g/mol. The molecule has 0 spiro atoms. The van der Waals surface area contributed by atoms with Gasteiger partial charge in [0.15, 0.2) is 0 Å². The summed E-state index contributed by atoms with van der Waals surface area (Å²) in [5.74, 6) is -1.69. The van der Waals surface area contributed by atoms with Crippen LogP contribution >= 0.6 is 0 Å². The second-order valence-corrected chi connectivity index (χ2v) is 2.68. The van der Waals surface area contributed by atoms with Crippen molar-refractivity contribution in [3.63, 3.8) is 0 Å². The van der Waals surface area contributed by atoms with Gasteiger partial charge in [-0.1, -0.05) is 0 Å². The van der Waals surface area contributed by atoms with Gasteiger partial charge in [-0.2, -0.15) is 0 Å². The molecule has 0 aliphatic heterocycles. The highest BCUT2D eigenvalue weighted by atomic mass is 16.4. The van der Waals surface area contributed by atoms with Crippen LogP contribution in [0.15, 0.2) is 0 Å². The van der Waals surface area contributed by atoms with Crippen LogP contribution in [-0.2, 0) is 9.59 Å². The van der Waals surface area contributed by atoms with E-state index in [1.54, 1.807) is 0 Å². The molecule has 0 aromatic heterocycles. The van der Waals surface area contributed by atoms with E-state index < -0.39 is 11.9 Å². The number of carbonyl (C=O) groups excluding carboxylic acids is 1. The van der Waals surface area contributed by atoms with Crippen molar-refractivity contribution < 1.29 is 14.7 Å². The summed E-state index contributed by atoms with van der Waals surface area (Å²) in [5.41, 5.74) is 0. The van der Waals surface area contributed by atoms with Gasteiger partial charge in [-0.25, -0.2) is 0 Å². The number of amides is 1. The molecule has 1 aliphatic carbocycles. The molecule has 0 bridgehead atoms. The lowest BCUT2D eigenvalue weighted by Crippen LogP contribution is -2.25. The Bertz CT molecular complexity index is 190. The third kappa shape index (κ3) is 1.69. The fraction of sp³-hybridized carbons (Fsp3) is 0.714. The molecule has 11 heavy (non-hydrogen) atoms. The highest BCUT2D eigenvalue weighted by Gasteiger charge is 2.47. The average Bonchev–Trinajstić information content (AvgIpc) is 2.65. The van der Waals surface area contributed by atoms with Crippen LogP contribution in [0.3, 0.4) is 0 Å². The predicted molar refractivity (Wildman–Crippen MR) is 37.9 cm³/mol. The Morgan fingerprint density at radius 2 is 2.18 bits per heavy atom. The van der Waals surface area contributed by atoms with Crippen molar-refractivity contribution in [3.05, 3.63) is 0 Å². The van der Waals surface area contributed by atoms with E-state index in [9.17, 15) is 9.59 Å². The molecule has 0 aromatic rings. The summed E-state index contributed by atoms with van der Waals surface area (Å²) >= 11 is 0. The SMILES string of the molecule is CCNC(=O)[C@H]1C[C@H]1C(=O)O. The van der Waals surface area contributed by atoms with E-state index in [2.05, 4.69) is 5.32 Å². The first-order valence-corrected chi connectivity index (χ1v) is 3.67. The minimum atomic E-state index is -0.860. The Kier molecular flexibility index (Phi) is 2.12. The monoisotopic (exact) mass is 157 g/mol. The zero-order valence-corrected chi connectivity index (χ0v) is 6.33. The van der Waals surface area contributed by atoms with Crippen LogP contribution in [0.25, 0.3) is 0 Å². The van der Waals surface area contributed by atoms with Gasteiger partial charge in [0, 0.05) is 6.54 Å². The zero-order chi connectivity index (χ0) is 8.43. The summed E-state index contributed by atoms with van der Waals surface area (Å²) in [6, 6.07) is 0. The van der Waals surface area contributed by atoms with Gasteiger partial charge in [-0.15, -0.1) is 0 Å². The Morgan fingerprint density at radius 3 is 2.55 bits per heavy atom. The molecule has 0 unspecified atom stereocenters. The lowest BCUT2D eigenvalue weighted by molar-refractivity contribution is -0.140. The van der Waals surface area contributed by atoms with E-state index in [1.165, 1.54) is 0 Å². The molecule has 2 atom stereocenters. The Labute approximate surface area is 64.6 Å². The van der Waals surface area contributed by atoms with Gasteiger partial charge < -0.3 is 10.4 Å². The first kappa shape index (κ1) is 8.04. The first-order valence-electron chi connectivity index (χ1n) is 3.67. The van der Waals surface area contributed by atoms with Crippen LogP contribution in [0.1, 0.15) is 13.3 Å². The fourth-order valence-corrected chi connectivity index (χ4v) is 1.06. The Balaban J connectivity index is 2.32. The summed E-state index contributed by atoms with van der Waals surface area (Å²) < 4.78 is 0. The molecule has 1 amide bonds. The van der Waals surface area contributed by atoms with Gasteiger partial charge in [0.05, 0.1) is 11.8 Å². The summed E-state index contributed by atoms with van der Waals surface area (Å²) in [6.07, 6.45) is 0.501. The van der Waals surface area contributed by atoms with Crippen molar-refractivity contribution in [2.45, 2.75) is 13.3 Å². The number of carbonyl (C=O) groups is 2. The Hall–Kier alpha value is -1.06. The second kappa shape index (κ2) is 2.90. The minimum Gasteiger partial charge on any atom is -0.481 e. The minimum absolute atomic E-state index is 0.125. The fourth-order valence-electron chi connectivity index (χ4n) is 1.06. The van der Waals surface area contributed by atoms with E-state index in [-0.39, 0.29) is 11.8 Å². The van der Waals surface area contributed by atoms with Crippen LogP contribution in [0.2, 0.25) is 0 Å². The van der Waals surface area contributed by atoms with Gasteiger partial charge in [0.25, 0.3) is 0 Å². The van der Waals surface area contributed by atoms with E-state index in [0.29, 0.717) is 13.0 Å². The van der Waals surface area contributed by atoms with Crippen molar-refractivity contribution in [2.75, 3.05) is 6.54 Å². The van der Waals surface area contributed by atoms with Crippen LogP contribution in [0.4, 0.5) is 0 Å². The number of carboxylic acid groups (broad SMARTS) is 1. The third-order valence-electron chi connectivity index (χ3n) is 1.80.